The lowest BCUT2D eigenvalue weighted by molar-refractivity contribution is -0.137. The Labute approximate surface area is 160 Å². The molecule has 1 N–H and O–H groups in total. The zero-order chi connectivity index (χ0) is 20.1. The summed E-state index contributed by atoms with van der Waals surface area (Å²) >= 11 is 0. The van der Waals surface area contributed by atoms with Crippen LogP contribution in [0.3, 0.4) is 0 Å². The number of ketones is 1. The maximum absolute atomic E-state index is 13.2. The average Bonchev–Trinajstić information content (AvgIpc) is 3.28. The van der Waals surface area contributed by atoms with Crippen molar-refractivity contribution in [1.29, 1.82) is 0 Å². The minimum Gasteiger partial charge on any atom is -0.464 e. The number of carbonyl (C=O) groups is 3. The van der Waals surface area contributed by atoms with Gasteiger partial charge in [0, 0.05) is 30.8 Å². The highest BCUT2D eigenvalue weighted by Gasteiger charge is 2.34. The van der Waals surface area contributed by atoms with Crippen LogP contribution >= 0.6 is 0 Å². The maximum atomic E-state index is 13.2. The van der Waals surface area contributed by atoms with Gasteiger partial charge < -0.3 is 19.4 Å². The number of ether oxygens (including phenoxy) is 2. The fraction of sp³-hybridized carbons (Fsp3) is 0.650. The molecule has 0 spiro atoms. The van der Waals surface area contributed by atoms with Gasteiger partial charge in [0.2, 0.25) is 5.91 Å². The molecule has 1 aromatic rings. The van der Waals surface area contributed by atoms with E-state index >= 15 is 0 Å². The molecule has 7 nitrogen and oxygen atoms in total. The number of aromatic nitrogens is 1. The zero-order valence-corrected chi connectivity index (χ0v) is 16.9. The van der Waals surface area contributed by atoms with Crippen molar-refractivity contribution in [3.8, 4) is 0 Å². The number of H-pyrrole nitrogens is 1. The molecule has 0 aromatic carbocycles. The van der Waals surface area contributed by atoms with E-state index < -0.39 is 12.0 Å². The SMILES string of the molecule is COCCN(C(=O)C1CCCC1)[C@@H](C)C(=O)c1c(C)[nH]c(C(=O)OC)c1C. The van der Waals surface area contributed by atoms with Crippen molar-refractivity contribution in [3.63, 3.8) is 0 Å². The summed E-state index contributed by atoms with van der Waals surface area (Å²) in [6.45, 7) is 5.94. The summed E-state index contributed by atoms with van der Waals surface area (Å²) in [5, 5.41) is 0. The van der Waals surface area contributed by atoms with Crippen molar-refractivity contribution in [2.45, 2.75) is 52.5 Å². The van der Waals surface area contributed by atoms with Crippen LogP contribution in [0, 0.1) is 19.8 Å². The van der Waals surface area contributed by atoms with Gasteiger partial charge in [0.15, 0.2) is 5.78 Å². The summed E-state index contributed by atoms with van der Waals surface area (Å²) in [5.41, 5.74) is 1.88. The Morgan fingerprint density at radius 1 is 1.19 bits per heavy atom. The molecule has 1 aromatic heterocycles. The highest BCUT2D eigenvalue weighted by atomic mass is 16.5. The lowest BCUT2D eigenvalue weighted by Crippen LogP contribution is -2.47. The van der Waals surface area contributed by atoms with E-state index in [0.29, 0.717) is 30.0 Å². The molecule has 0 radical (unpaired) electrons. The molecule has 1 heterocycles. The Morgan fingerprint density at radius 2 is 1.81 bits per heavy atom. The maximum Gasteiger partial charge on any atom is 0.354 e. The van der Waals surface area contributed by atoms with E-state index in [2.05, 4.69) is 4.98 Å². The number of aromatic amines is 1. The number of amides is 1. The van der Waals surface area contributed by atoms with Crippen LogP contribution in [0.2, 0.25) is 0 Å². The topological polar surface area (TPSA) is 88.7 Å². The average molecular weight is 378 g/mol. The molecule has 1 saturated carbocycles. The van der Waals surface area contributed by atoms with Crippen LogP contribution in [0.25, 0.3) is 0 Å². The summed E-state index contributed by atoms with van der Waals surface area (Å²) in [6, 6.07) is -0.632. The molecule has 1 aliphatic carbocycles. The van der Waals surface area contributed by atoms with Crippen molar-refractivity contribution >= 4 is 17.7 Å². The summed E-state index contributed by atoms with van der Waals surface area (Å²) < 4.78 is 9.92. The lowest BCUT2D eigenvalue weighted by atomic mass is 9.98. The van der Waals surface area contributed by atoms with Gasteiger partial charge in [-0.1, -0.05) is 12.8 Å². The van der Waals surface area contributed by atoms with E-state index in [1.165, 1.54) is 7.11 Å². The van der Waals surface area contributed by atoms with Gasteiger partial charge >= 0.3 is 5.97 Å². The summed E-state index contributed by atoms with van der Waals surface area (Å²) in [5.74, 6) is -0.694. The van der Waals surface area contributed by atoms with Gasteiger partial charge in [-0.15, -0.1) is 0 Å². The van der Waals surface area contributed by atoms with Crippen molar-refractivity contribution in [2.24, 2.45) is 5.92 Å². The second kappa shape index (κ2) is 9.17. The van der Waals surface area contributed by atoms with Gasteiger partial charge in [0.1, 0.15) is 5.69 Å². The highest BCUT2D eigenvalue weighted by Crippen LogP contribution is 2.28. The van der Waals surface area contributed by atoms with Gasteiger partial charge in [-0.05, 0) is 39.2 Å². The first-order valence-corrected chi connectivity index (χ1v) is 9.44. The van der Waals surface area contributed by atoms with Crippen molar-refractivity contribution < 1.29 is 23.9 Å². The predicted octanol–water partition coefficient (Wildman–Crippen LogP) is 2.65. The number of aryl methyl sites for hydroxylation is 1. The number of nitrogens with one attached hydrogen (secondary N) is 1. The smallest absolute Gasteiger partial charge is 0.354 e. The molecule has 0 unspecified atom stereocenters. The fourth-order valence-electron chi connectivity index (χ4n) is 3.87. The fourth-order valence-corrected chi connectivity index (χ4v) is 3.87. The summed E-state index contributed by atoms with van der Waals surface area (Å²) in [7, 11) is 2.88. The molecular formula is C20H30N2O5. The Balaban J connectivity index is 2.30. The van der Waals surface area contributed by atoms with Crippen LogP contribution in [-0.4, -0.2) is 61.0 Å². The van der Waals surface area contributed by atoms with Gasteiger partial charge in [-0.25, -0.2) is 4.79 Å². The number of esters is 1. The van der Waals surface area contributed by atoms with Crippen LogP contribution in [-0.2, 0) is 14.3 Å². The standard InChI is InChI=1S/C20H30N2O5/c1-12-16(13(2)21-17(12)20(25)27-5)18(23)14(3)22(10-11-26-4)19(24)15-8-6-7-9-15/h14-15,21H,6-11H2,1-5H3/t14-/m0/s1. The van der Waals surface area contributed by atoms with Crippen LogP contribution in [0.1, 0.15) is 64.7 Å². The van der Waals surface area contributed by atoms with E-state index in [9.17, 15) is 14.4 Å². The second-order valence-corrected chi connectivity index (χ2v) is 7.16. The van der Waals surface area contributed by atoms with Crippen LogP contribution in [0.4, 0.5) is 0 Å². The number of hydrogen-bond acceptors (Lipinski definition) is 5. The van der Waals surface area contributed by atoms with Gasteiger partial charge in [0.05, 0.1) is 19.8 Å². The third kappa shape index (κ3) is 4.40. The minimum atomic E-state index is -0.632. The first-order chi connectivity index (χ1) is 12.8. The van der Waals surface area contributed by atoms with E-state index in [4.69, 9.17) is 9.47 Å². The molecule has 0 aliphatic heterocycles. The minimum absolute atomic E-state index is 0.0174. The Hall–Kier alpha value is -2.15. The summed E-state index contributed by atoms with van der Waals surface area (Å²) in [4.78, 5) is 42.7. The largest absolute Gasteiger partial charge is 0.464 e. The van der Waals surface area contributed by atoms with Crippen molar-refractivity contribution in [1.82, 2.24) is 9.88 Å². The Morgan fingerprint density at radius 3 is 2.37 bits per heavy atom. The van der Waals surface area contributed by atoms with Gasteiger partial charge in [0.25, 0.3) is 0 Å². The van der Waals surface area contributed by atoms with Gasteiger partial charge in [-0.3, -0.25) is 9.59 Å². The van der Waals surface area contributed by atoms with Crippen LogP contribution in [0.5, 0.6) is 0 Å². The Bertz CT molecular complexity index is 703. The quantitative estimate of drug-likeness (QED) is 0.555. The van der Waals surface area contributed by atoms with E-state index in [0.717, 1.165) is 25.7 Å². The monoisotopic (exact) mass is 378 g/mol. The molecule has 150 valence electrons. The zero-order valence-electron chi connectivity index (χ0n) is 16.9. The van der Waals surface area contributed by atoms with Crippen molar-refractivity contribution in [3.05, 3.63) is 22.5 Å². The number of rotatable bonds is 8. The molecule has 2 rings (SSSR count). The summed E-state index contributed by atoms with van der Waals surface area (Å²) in [6.07, 6.45) is 3.85. The van der Waals surface area contributed by atoms with Crippen LogP contribution in [0.15, 0.2) is 0 Å². The lowest BCUT2D eigenvalue weighted by Gasteiger charge is -2.30. The van der Waals surface area contributed by atoms with Crippen molar-refractivity contribution in [2.75, 3.05) is 27.4 Å². The second-order valence-electron chi connectivity index (χ2n) is 7.16. The van der Waals surface area contributed by atoms with E-state index in [-0.39, 0.29) is 23.3 Å². The van der Waals surface area contributed by atoms with Gasteiger partial charge in [-0.2, -0.15) is 0 Å². The molecule has 27 heavy (non-hydrogen) atoms. The number of nitrogens with zero attached hydrogens (tertiary/aromatic N) is 1. The van der Waals surface area contributed by atoms with E-state index in [1.807, 2.05) is 0 Å². The molecule has 1 atom stereocenters. The molecule has 0 bridgehead atoms. The number of methoxy groups -OCH3 is 2. The van der Waals surface area contributed by atoms with Crippen LogP contribution < -0.4 is 0 Å². The molecule has 1 amide bonds. The first-order valence-electron chi connectivity index (χ1n) is 9.44. The Kier molecular flexibility index (Phi) is 7.18. The third-order valence-corrected chi connectivity index (χ3v) is 5.44. The number of hydrogen-bond donors (Lipinski definition) is 1. The first kappa shape index (κ1) is 21.2. The molecule has 0 saturated heterocycles. The highest BCUT2D eigenvalue weighted by molar-refractivity contribution is 6.06. The molecule has 7 heteroatoms. The number of Topliss-reactive ketones (excluding diaryl/α,β-unsaturated/α-hetero) is 1. The molecule has 1 aliphatic rings. The molecule has 1 fully saturated rings. The normalized spacial score (nSPS) is 15.6. The third-order valence-electron chi connectivity index (χ3n) is 5.44. The number of carbonyl (C=O) groups excluding carboxylic acids is 3. The molecular weight excluding hydrogens is 348 g/mol. The predicted molar refractivity (Wildman–Crippen MR) is 101 cm³/mol. The van der Waals surface area contributed by atoms with E-state index in [1.54, 1.807) is 32.8 Å².